The van der Waals surface area contributed by atoms with Crippen molar-refractivity contribution in [2.24, 2.45) is 23.7 Å². The van der Waals surface area contributed by atoms with Crippen molar-refractivity contribution in [2.45, 2.75) is 37.7 Å². The lowest BCUT2D eigenvalue weighted by Gasteiger charge is -2.59. The first kappa shape index (κ1) is 11.3. The summed E-state index contributed by atoms with van der Waals surface area (Å²) in [6.45, 7) is 0. The van der Waals surface area contributed by atoms with Gasteiger partial charge in [-0.1, -0.05) is 23.7 Å². The molecular weight excluding hydrogens is 244 g/mol. The van der Waals surface area contributed by atoms with E-state index in [2.05, 4.69) is 6.07 Å². The van der Waals surface area contributed by atoms with Crippen LogP contribution in [-0.2, 0) is 5.60 Å². The van der Waals surface area contributed by atoms with E-state index in [0.29, 0.717) is 11.8 Å². The Morgan fingerprint density at radius 2 is 1.61 bits per heavy atom. The van der Waals surface area contributed by atoms with E-state index in [-0.39, 0.29) is 0 Å². The van der Waals surface area contributed by atoms with Gasteiger partial charge in [-0.25, -0.2) is 0 Å². The van der Waals surface area contributed by atoms with Crippen LogP contribution in [0.3, 0.4) is 0 Å². The molecule has 1 aromatic rings. The molecule has 0 saturated heterocycles. The van der Waals surface area contributed by atoms with E-state index in [9.17, 15) is 5.11 Å². The van der Waals surface area contributed by atoms with Gasteiger partial charge in [0.25, 0.3) is 0 Å². The van der Waals surface area contributed by atoms with E-state index >= 15 is 0 Å². The number of hydrogen-bond donors (Lipinski definition) is 1. The Labute approximate surface area is 113 Å². The van der Waals surface area contributed by atoms with Gasteiger partial charge in [0.2, 0.25) is 0 Å². The summed E-state index contributed by atoms with van der Waals surface area (Å²) in [5, 5.41) is 12.1. The molecule has 4 fully saturated rings. The highest BCUT2D eigenvalue weighted by Crippen LogP contribution is 2.61. The van der Waals surface area contributed by atoms with E-state index in [1.165, 1.54) is 32.1 Å². The van der Waals surface area contributed by atoms with Crippen LogP contribution in [0.4, 0.5) is 0 Å². The molecule has 1 aromatic carbocycles. The van der Waals surface area contributed by atoms with Crippen molar-refractivity contribution in [1.29, 1.82) is 0 Å². The quantitative estimate of drug-likeness (QED) is 0.812. The molecule has 0 heterocycles. The molecule has 0 radical (unpaired) electrons. The fraction of sp³-hybridized carbons (Fsp3) is 0.625. The smallest absolute Gasteiger partial charge is 0.0953 e. The number of rotatable bonds is 1. The summed E-state index contributed by atoms with van der Waals surface area (Å²) in [6.07, 6.45) is 6.29. The van der Waals surface area contributed by atoms with Crippen molar-refractivity contribution in [1.82, 2.24) is 0 Å². The van der Waals surface area contributed by atoms with Gasteiger partial charge in [0.05, 0.1) is 5.60 Å². The number of halogens is 1. The van der Waals surface area contributed by atoms with Gasteiger partial charge in [-0.3, -0.25) is 0 Å². The van der Waals surface area contributed by atoms with Crippen LogP contribution in [0.2, 0.25) is 5.02 Å². The standard InChI is InChI=1S/C16H19ClO/c17-15-3-1-2-12(9-15)16(18)13-5-10-4-11(7-13)8-14(16)6-10/h1-3,9-11,13-14,18H,4-8H2. The lowest BCUT2D eigenvalue weighted by molar-refractivity contribution is -0.179. The Morgan fingerprint density at radius 3 is 2.17 bits per heavy atom. The molecule has 0 spiro atoms. The minimum atomic E-state index is -0.599. The van der Waals surface area contributed by atoms with Crippen molar-refractivity contribution in [2.75, 3.05) is 0 Å². The van der Waals surface area contributed by atoms with Crippen LogP contribution >= 0.6 is 11.6 Å². The van der Waals surface area contributed by atoms with Crippen molar-refractivity contribution in [3.63, 3.8) is 0 Å². The number of benzene rings is 1. The lowest BCUT2D eigenvalue weighted by atomic mass is 9.48. The minimum absolute atomic E-state index is 0.465. The van der Waals surface area contributed by atoms with Crippen LogP contribution in [0.5, 0.6) is 0 Å². The zero-order valence-electron chi connectivity index (χ0n) is 10.5. The highest BCUT2D eigenvalue weighted by atomic mass is 35.5. The Bertz CT molecular complexity index is 454. The molecule has 1 N–H and O–H groups in total. The zero-order valence-corrected chi connectivity index (χ0v) is 11.2. The van der Waals surface area contributed by atoms with Gasteiger partial charge in [0.15, 0.2) is 0 Å². The first-order chi connectivity index (χ1) is 8.66. The zero-order chi connectivity index (χ0) is 12.3. The molecule has 0 amide bonds. The van der Waals surface area contributed by atoms with Crippen LogP contribution in [0.15, 0.2) is 24.3 Å². The number of aliphatic hydroxyl groups is 1. The topological polar surface area (TPSA) is 20.2 Å². The molecule has 0 aromatic heterocycles. The Morgan fingerprint density at radius 1 is 1.00 bits per heavy atom. The molecule has 18 heavy (non-hydrogen) atoms. The van der Waals surface area contributed by atoms with Gasteiger partial charge in [-0.05, 0) is 73.5 Å². The largest absolute Gasteiger partial charge is 0.385 e. The highest BCUT2D eigenvalue weighted by Gasteiger charge is 2.57. The SMILES string of the molecule is OC1(c2cccc(Cl)c2)C2CC3CC(C2)CC1C3. The van der Waals surface area contributed by atoms with E-state index in [0.717, 1.165) is 22.4 Å². The third kappa shape index (κ3) is 1.44. The summed E-state index contributed by atoms with van der Waals surface area (Å²) in [5.74, 6) is 2.69. The molecule has 4 aliphatic rings. The average molecular weight is 263 g/mol. The molecule has 4 aliphatic carbocycles. The second kappa shape index (κ2) is 3.74. The summed E-state index contributed by atoms with van der Waals surface area (Å²) in [6, 6.07) is 7.91. The maximum absolute atomic E-state index is 11.3. The van der Waals surface area contributed by atoms with Crippen molar-refractivity contribution in [3.8, 4) is 0 Å². The molecule has 0 atom stereocenters. The number of hydrogen-bond acceptors (Lipinski definition) is 1. The molecule has 4 bridgehead atoms. The molecule has 0 unspecified atom stereocenters. The second-order valence-electron chi connectivity index (χ2n) is 6.64. The Balaban J connectivity index is 1.78. The Hall–Kier alpha value is -0.530. The summed E-state index contributed by atoms with van der Waals surface area (Å²) in [4.78, 5) is 0. The van der Waals surface area contributed by atoms with Gasteiger partial charge in [-0.15, -0.1) is 0 Å². The van der Waals surface area contributed by atoms with Crippen molar-refractivity contribution < 1.29 is 5.11 Å². The normalized spacial score (nSPS) is 45.4. The van der Waals surface area contributed by atoms with Crippen LogP contribution in [0.1, 0.15) is 37.7 Å². The van der Waals surface area contributed by atoms with Crippen LogP contribution in [0, 0.1) is 23.7 Å². The first-order valence-electron chi connectivity index (χ1n) is 7.14. The molecule has 4 saturated carbocycles. The van der Waals surface area contributed by atoms with E-state index < -0.39 is 5.60 Å². The van der Waals surface area contributed by atoms with Gasteiger partial charge in [0.1, 0.15) is 0 Å². The highest BCUT2D eigenvalue weighted by molar-refractivity contribution is 6.30. The minimum Gasteiger partial charge on any atom is -0.385 e. The molecule has 2 heteroatoms. The molecular formula is C16H19ClO. The van der Waals surface area contributed by atoms with Gasteiger partial charge in [-0.2, -0.15) is 0 Å². The van der Waals surface area contributed by atoms with Gasteiger partial charge in [0, 0.05) is 5.02 Å². The van der Waals surface area contributed by atoms with Crippen LogP contribution in [-0.4, -0.2) is 5.11 Å². The third-order valence-corrected chi connectivity index (χ3v) is 5.91. The monoisotopic (exact) mass is 262 g/mol. The lowest BCUT2D eigenvalue weighted by Crippen LogP contribution is -2.55. The summed E-state index contributed by atoms with van der Waals surface area (Å²) < 4.78 is 0. The molecule has 5 rings (SSSR count). The summed E-state index contributed by atoms with van der Waals surface area (Å²) in [7, 11) is 0. The van der Waals surface area contributed by atoms with Crippen molar-refractivity contribution >= 4 is 11.6 Å². The predicted octanol–water partition coefficient (Wildman–Crippen LogP) is 3.98. The van der Waals surface area contributed by atoms with Gasteiger partial charge >= 0.3 is 0 Å². The molecule has 1 nitrogen and oxygen atoms in total. The average Bonchev–Trinajstić information content (AvgIpc) is 2.35. The summed E-state index contributed by atoms with van der Waals surface area (Å²) >= 11 is 6.11. The maximum Gasteiger partial charge on any atom is 0.0953 e. The van der Waals surface area contributed by atoms with E-state index in [1.807, 2.05) is 18.2 Å². The maximum atomic E-state index is 11.3. The van der Waals surface area contributed by atoms with E-state index in [4.69, 9.17) is 11.6 Å². The molecule has 0 aliphatic heterocycles. The third-order valence-electron chi connectivity index (χ3n) is 5.67. The Kier molecular flexibility index (Phi) is 2.35. The van der Waals surface area contributed by atoms with Gasteiger partial charge < -0.3 is 5.11 Å². The van der Waals surface area contributed by atoms with Crippen LogP contribution in [0.25, 0.3) is 0 Å². The summed E-state index contributed by atoms with van der Waals surface area (Å²) in [5.41, 5.74) is 0.460. The fourth-order valence-corrected chi connectivity index (χ4v) is 5.30. The van der Waals surface area contributed by atoms with E-state index in [1.54, 1.807) is 0 Å². The first-order valence-corrected chi connectivity index (χ1v) is 7.52. The second-order valence-corrected chi connectivity index (χ2v) is 7.08. The predicted molar refractivity (Wildman–Crippen MR) is 72.4 cm³/mol. The van der Waals surface area contributed by atoms with Crippen LogP contribution < -0.4 is 0 Å². The molecule has 96 valence electrons. The fourth-order valence-electron chi connectivity index (χ4n) is 5.11. The van der Waals surface area contributed by atoms with Crippen molar-refractivity contribution in [3.05, 3.63) is 34.9 Å².